The Morgan fingerprint density at radius 2 is 1.29 bits per heavy atom. The maximum Gasteiger partial charge on any atom is 0.159 e. The van der Waals surface area contributed by atoms with Gasteiger partial charge < -0.3 is 25.2 Å². The Kier molecular flexibility index (Phi) is 7.25. The van der Waals surface area contributed by atoms with Gasteiger partial charge in [-0.3, -0.25) is 9.97 Å². The first-order chi connectivity index (χ1) is 16.6. The van der Waals surface area contributed by atoms with E-state index >= 15 is 0 Å². The van der Waals surface area contributed by atoms with Gasteiger partial charge in [0.15, 0.2) is 5.60 Å². The Morgan fingerprint density at radius 1 is 0.735 bits per heavy atom. The van der Waals surface area contributed by atoms with Crippen LogP contribution in [-0.2, 0) is 5.60 Å². The fraction of sp³-hybridized carbons (Fsp3) is 0.185. The number of benzene rings is 2. The second-order valence-corrected chi connectivity index (χ2v) is 7.66. The third-order valence-corrected chi connectivity index (χ3v) is 5.62. The molecule has 2 heterocycles. The van der Waals surface area contributed by atoms with Crippen molar-refractivity contribution in [2.24, 2.45) is 0 Å². The van der Waals surface area contributed by atoms with E-state index in [-0.39, 0.29) is 0 Å². The van der Waals surface area contributed by atoms with E-state index in [9.17, 15) is 5.11 Å². The smallest absolute Gasteiger partial charge is 0.159 e. The molecular formula is C27H28N4O3. The molecule has 0 unspecified atom stereocenters. The van der Waals surface area contributed by atoms with Gasteiger partial charge in [0.05, 0.1) is 19.9 Å². The molecule has 0 aliphatic heterocycles. The zero-order valence-corrected chi connectivity index (χ0v) is 19.2. The number of nitrogens with one attached hydrogen (secondary N) is 2. The topological polar surface area (TPSA) is 88.5 Å². The average Bonchev–Trinajstić information content (AvgIpc) is 2.91. The van der Waals surface area contributed by atoms with Gasteiger partial charge in [0.1, 0.15) is 17.2 Å². The molecule has 4 rings (SSSR count). The highest BCUT2D eigenvalue weighted by Gasteiger charge is 2.37. The third kappa shape index (κ3) is 4.94. The molecule has 0 saturated carbocycles. The van der Waals surface area contributed by atoms with Crippen LogP contribution in [0.4, 0.5) is 11.4 Å². The van der Waals surface area contributed by atoms with Crippen LogP contribution in [0.2, 0.25) is 0 Å². The van der Waals surface area contributed by atoms with Crippen LogP contribution < -0.4 is 20.1 Å². The van der Waals surface area contributed by atoms with Crippen molar-refractivity contribution in [1.82, 2.24) is 9.97 Å². The molecule has 0 amide bonds. The van der Waals surface area contributed by atoms with E-state index in [0.29, 0.717) is 41.4 Å². The number of hydrogen-bond acceptors (Lipinski definition) is 7. The van der Waals surface area contributed by atoms with Gasteiger partial charge in [-0.15, -0.1) is 0 Å². The lowest BCUT2D eigenvalue weighted by Crippen LogP contribution is -2.31. The van der Waals surface area contributed by atoms with Gasteiger partial charge in [0.25, 0.3) is 0 Å². The van der Waals surface area contributed by atoms with Gasteiger partial charge in [-0.2, -0.15) is 0 Å². The summed E-state index contributed by atoms with van der Waals surface area (Å²) in [6, 6.07) is 22.4. The van der Waals surface area contributed by atoms with Crippen molar-refractivity contribution in [1.29, 1.82) is 0 Å². The molecule has 7 nitrogen and oxygen atoms in total. The second kappa shape index (κ2) is 10.7. The van der Waals surface area contributed by atoms with E-state index in [1.807, 2.05) is 72.8 Å². The first kappa shape index (κ1) is 23.1. The summed E-state index contributed by atoms with van der Waals surface area (Å²) in [5, 5.41) is 19.0. The first-order valence-corrected chi connectivity index (χ1v) is 11.0. The Hall–Kier alpha value is -4.10. The molecule has 0 radical (unpaired) electrons. The largest absolute Gasteiger partial charge is 0.497 e. The van der Waals surface area contributed by atoms with Gasteiger partial charge in [-0.25, -0.2) is 0 Å². The minimum atomic E-state index is -1.50. The number of nitrogens with zero attached hydrogens (tertiary/aromatic N) is 2. The number of hydrogen-bond donors (Lipinski definition) is 3. The lowest BCUT2D eigenvalue weighted by molar-refractivity contribution is 0.121. The van der Waals surface area contributed by atoms with Crippen LogP contribution >= 0.6 is 0 Å². The van der Waals surface area contributed by atoms with Crippen LogP contribution in [0, 0.1) is 0 Å². The fourth-order valence-electron chi connectivity index (χ4n) is 3.81. The molecular weight excluding hydrogens is 428 g/mol. The van der Waals surface area contributed by atoms with E-state index in [2.05, 4.69) is 20.6 Å². The number of pyridine rings is 2. The monoisotopic (exact) mass is 456 g/mol. The molecule has 0 saturated heterocycles. The van der Waals surface area contributed by atoms with E-state index in [4.69, 9.17) is 9.47 Å². The highest BCUT2D eigenvalue weighted by molar-refractivity contribution is 5.58. The van der Waals surface area contributed by atoms with Crippen LogP contribution in [0.3, 0.4) is 0 Å². The zero-order valence-electron chi connectivity index (χ0n) is 19.2. The van der Waals surface area contributed by atoms with Crippen molar-refractivity contribution in [3.63, 3.8) is 0 Å². The Bertz CT molecular complexity index is 1140. The highest BCUT2D eigenvalue weighted by atomic mass is 16.5. The number of methoxy groups -OCH3 is 2. The zero-order chi connectivity index (χ0) is 23.8. The first-order valence-electron chi connectivity index (χ1n) is 11.0. The normalized spacial score (nSPS) is 11.0. The summed E-state index contributed by atoms with van der Waals surface area (Å²) in [4.78, 5) is 8.65. The van der Waals surface area contributed by atoms with E-state index in [1.165, 1.54) is 0 Å². The van der Waals surface area contributed by atoms with Crippen LogP contribution in [0.1, 0.15) is 16.8 Å². The molecule has 4 aromatic rings. The average molecular weight is 457 g/mol. The molecule has 0 atom stereocenters. The van der Waals surface area contributed by atoms with Gasteiger partial charge in [-0.1, -0.05) is 24.3 Å². The standard InChI is InChI=1S/C27H28N4O3/c1-33-23-9-5-20(6-10-23)27(32,21-7-11-24(34-2)12-8-21)26-25(4-3-15-31-26)30-19-18-29-22-13-16-28-17-14-22/h3-17,30,32H,18-19H2,1-2H3,(H,28,29). The van der Waals surface area contributed by atoms with Crippen LogP contribution in [0.25, 0.3) is 0 Å². The molecule has 2 aromatic heterocycles. The third-order valence-electron chi connectivity index (χ3n) is 5.62. The van der Waals surface area contributed by atoms with Crippen molar-refractivity contribution in [2.45, 2.75) is 5.60 Å². The number of ether oxygens (including phenoxy) is 2. The molecule has 0 aliphatic carbocycles. The summed E-state index contributed by atoms with van der Waals surface area (Å²) in [6.07, 6.45) is 5.19. The molecule has 0 aliphatic rings. The quantitative estimate of drug-likeness (QED) is 0.307. The summed E-state index contributed by atoms with van der Waals surface area (Å²) in [5.41, 5.74) is 2.10. The molecule has 174 valence electrons. The second-order valence-electron chi connectivity index (χ2n) is 7.66. The lowest BCUT2D eigenvalue weighted by atomic mass is 9.82. The van der Waals surface area contributed by atoms with E-state index < -0.39 is 5.60 Å². The maximum absolute atomic E-state index is 12.3. The molecule has 3 N–H and O–H groups in total. The summed E-state index contributed by atoms with van der Waals surface area (Å²) in [7, 11) is 3.23. The summed E-state index contributed by atoms with van der Waals surface area (Å²) in [5.74, 6) is 1.42. The molecule has 0 fully saturated rings. The maximum atomic E-state index is 12.3. The number of aromatic nitrogens is 2. The highest BCUT2D eigenvalue weighted by Crippen LogP contribution is 2.40. The Balaban J connectivity index is 1.67. The minimum absolute atomic E-state index is 0.509. The summed E-state index contributed by atoms with van der Waals surface area (Å²) in [6.45, 7) is 1.31. The van der Waals surface area contributed by atoms with Crippen molar-refractivity contribution < 1.29 is 14.6 Å². The van der Waals surface area contributed by atoms with Crippen molar-refractivity contribution in [3.05, 3.63) is 108 Å². The predicted octanol–water partition coefficient (Wildman–Crippen LogP) is 4.30. The molecule has 0 bridgehead atoms. The summed E-state index contributed by atoms with van der Waals surface area (Å²) < 4.78 is 10.6. The van der Waals surface area contributed by atoms with E-state index in [1.54, 1.807) is 32.8 Å². The minimum Gasteiger partial charge on any atom is -0.497 e. The van der Waals surface area contributed by atoms with Crippen LogP contribution in [-0.4, -0.2) is 42.4 Å². The van der Waals surface area contributed by atoms with Gasteiger partial charge in [-0.05, 0) is 59.7 Å². The molecule has 2 aromatic carbocycles. The summed E-state index contributed by atoms with van der Waals surface area (Å²) >= 11 is 0. The van der Waals surface area contributed by atoms with Crippen LogP contribution in [0.15, 0.2) is 91.4 Å². The number of anilines is 2. The van der Waals surface area contributed by atoms with Crippen molar-refractivity contribution in [2.75, 3.05) is 37.9 Å². The number of rotatable bonds is 10. The Labute approximate surface area is 199 Å². The van der Waals surface area contributed by atoms with E-state index in [0.717, 1.165) is 11.4 Å². The number of aliphatic hydroxyl groups is 1. The lowest BCUT2D eigenvalue weighted by Gasteiger charge is -2.31. The van der Waals surface area contributed by atoms with Crippen LogP contribution in [0.5, 0.6) is 11.5 Å². The molecule has 34 heavy (non-hydrogen) atoms. The van der Waals surface area contributed by atoms with Crippen molar-refractivity contribution in [3.8, 4) is 11.5 Å². The fourth-order valence-corrected chi connectivity index (χ4v) is 3.81. The Morgan fingerprint density at radius 3 is 1.85 bits per heavy atom. The van der Waals surface area contributed by atoms with Gasteiger partial charge in [0.2, 0.25) is 0 Å². The van der Waals surface area contributed by atoms with Gasteiger partial charge >= 0.3 is 0 Å². The van der Waals surface area contributed by atoms with Crippen molar-refractivity contribution >= 4 is 11.4 Å². The molecule has 0 spiro atoms. The predicted molar refractivity (Wildman–Crippen MR) is 134 cm³/mol. The molecule has 7 heteroatoms. The van der Waals surface area contributed by atoms with Gasteiger partial charge in [0, 0.05) is 37.4 Å². The SMILES string of the molecule is COc1ccc(C(O)(c2ccc(OC)cc2)c2ncccc2NCCNc2ccncc2)cc1.